The first-order valence-corrected chi connectivity index (χ1v) is 6.00. The van der Waals surface area contributed by atoms with E-state index < -0.39 is 0 Å². The average Bonchev–Trinajstić information content (AvgIpc) is 2.18. The Kier molecular flexibility index (Phi) is 4.39. The maximum atomic E-state index is 5.97. The fourth-order valence-corrected chi connectivity index (χ4v) is 2.96. The molecule has 1 aliphatic rings. The molecule has 0 aliphatic heterocycles. The molecule has 14 heavy (non-hydrogen) atoms. The number of hydrogen-bond donors (Lipinski definition) is 1. The molecule has 2 heteroatoms. The predicted molar refractivity (Wildman–Crippen MR) is 60.2 cm³/mol. The first-order valence-electron chi connectivity index (χ1n) is 6.00. The van der Waals surface area contributed by atoms with Crippen LogP contribution in [0.2, 0.25) is 0 Å². The fourth-order valence-electron chi connectivity index (χ4n) is 2.96. The molecule has 1 rings (SSSR count). The van der Waals surface area contributed by atoms with Crippen molar-refractivity contribution in [1.29, 1.82) is 0 Å². The van der Waals surface area contributed by atoms with Crippen molar-refractivity contribution in [3.63, 3.8) is 0 Å². The van der Waals surface area contributed by atoms with E-state index in [0.717, 1.165) is 13.0 Å². The molecule has 0 saturated heterocycles. The maximum Gasteiger partial charge on any atom is 0.0834 e. The second-order valence-corrected chi connectivity index (χ2v) is 4.80. The minimum atomic E-state index is -0.0127. The third-order valence-corrected chi connectivity index (χ3v) is 3.62. The van der Waals surface area contributed by atoms with Gasteiger partial charge in [-0.15, -0.1) is 0 Å². The molecule has 2 atom stereocenters. The lowest BCUT2D eigenvalue weighted by Crippen LogP contribution is -2.51. The molecule has 2 nitrogen and oxygen atoms in total. The lowest BCUT2D eigenvalue weighted by atomic mass is 9.70. The minimum absolute atomic E-state index is 0.0127. The van der Waals surface area contributed by atoms with Crippen molar-refractivity contribution in [3.8, 4) is 0 Å². The second kappa shape index (κ2) is 5.13. The zero-order valence-electron chi connectivity index (χ0n) is 9.88. The molecule has 0 spiro atoms. The van der Waals surface area contributed by atoms with Gasteiger partial charge < -0.3 is 10.5 Å². The lowest BCUT2D eigenvalue weighted by Gasteiger charge is -2.45. The summed E-state index contributed by atoms with van der Waals surface area (Å²) in [5.74, 6) is 1.34. The summed E-state index contributed by atoms with van der Waals surface area (Å²) in [6.07, 6.45) is 5.06. The van der Waals surface area contributed by atoms with Crippen LogP contribution in [0.5, 0.6) is 0 Å². The van der Waals surface area contributed by atoms with Crippen LogP contribution in [0.25, 0.3) is 0 Å². The Hall–Kier alpha value is -0.0800. The maximum absolute atomic E-state index is 5.97. The molecular weight excluding hydrogens is 174 g/mol. The minimum Gasteiger partial charge on any atom is -0.374 e. The third kappa shape index (κ3) is 2.29. The number of rotatable bonds is 4. The zero-order valence-corrected chi connectivity index (χ0v) is 9.88. The first-order chi connectivity index (χ1) is 6.66. The van der Waals surface area contributed by atoms with Crippen LogP contribution < -0.4 is 5.73 Å². The highest BCUT2D eigenvalue weighted by atomic mass is 16.5. The van der Waals surface area contributed by atoms with Gasteiger partial charge in [0.15, 0.2) is 0 Å². The Bertz CT molecular complexity index is 166. The number of ether oxygens (including phenoxy) is 1. The van der Waals surface area contributed by atoms with Gasteiger partial charge in [0.1, 0.15) is 0 Å². The summed E-state index contributed by atoms with van der Waals surface area (Å²) < 4.78 is 5.97. The SMILES string of the molecule is CCOC1(CN)CCCCC1C(C)C. The van der Waals surface area contributed by atoms with Crippen LogP contribution in [0.4, 0.5) is 0 Å². The van der Waals surface area contributed by atoms with Crippen molar-refractivity contribution in [2.75, 3.05) is 13.2 Å². The molecule has 84 valence electrons. The van der Waals surface area contributed by atoms with E-state index in [1.165, 1.54) is 19.3 Å². The normalized spacial score (nSPS) is 33.6. The molecule has 1 saturated carbocycles. The van der Waals surface area contributed by atoms with Gasteiger partial charge in [0.25, 0.3) is 0 Å². The van der Waals surface area contributed by atoms with E-state index in [0.29, 0.717) is 18.4 Å². The molecule has 1 aliphatic carbocycles. The van der Waals surface area contributed by atoms with Crippen molar-refractivity contribution in [3.05, 3.63) is 0 Å². The topological polar surface area (TPSA) is 35.2 Å². The molecule has 0 aromatic rings. The predicted octanol–water partition coefficient (Wildman–Crippen LogP) is 2.57. The molecule has 0 aromatic carbocycles. The van der Waals surface area contributed by atoms with Gasteiger partial charge in [-0.2, -0.15) is 0 Å². The van der Waals surface area contributed by atoms with E-state index >= 15 is 0 Å². The standard InChI is InChI=1S/C12H25NO/c1-4-14-12(9-13)8-6-5-7-11(12)10(2)3/h10-11H,4-9,13H2,1-3H3. The Labute approximate surface area is 88.2 Å². The summed E-state index contributed by atoms with van der Waals surface area (Å²) in [6, 6.07) is 0. The van der Waals surface area contributed by atoms with Crippen LogP contribution >= 0.6 is 0 Å². The van der Waals surface area contributed by atoms with Gasteiger partial charge in [-0.25, -0.2) is 0 Å². The highest BCUT2D eigenvalue weighted by molar-refractivity contribution is 4.94. The second-order valence-electron chi connectivity index (χ2n) is 4.80. The van der Waals surface area contributed by atoms with Crippen molar-refractivity contribution < 1.29 is 4.74 Å². The summed E-state index contributed by atoms with van der Waals surface area (Å²) in [5.41, 5.74) is 5.91. The molecule has 0 amide bonds. The van der Waals surface area contributed by atoms with Crippen LogP contribution in [0.15, 0.2) is 0 Å². The van der Waals surface area contributed by atoms with Crippen molar-refractivity contribution >= 4 is 0 Å². The van der Waals surface area contributed by atoms with Gasteiger partial charge in [0, 0.05) is 13.2 Å². The van der Waals surface area contributed by atoms with Crippen LogP contribution in [0, 0.1) is 11.8 Å². The van der Waals surface area contributed by atoms with Gasteiger partial charge in [-0.3, -0.25) is 0 Å². The van der Waals surface area contributed by atoms with Crippen molar-refractivity contribution in [2.45, 2.75) is 52.1 Å². The molecule has 1 fully saturated rings. The molecule has 0 heterocycles. The number of hydrogen-bond acceptors (Lipinski definition) is 2. The number of nitrogens with two attached hydrogens (primary N) is 1. The van der Waals surface area contributed by atoms with E-state index in [1.54, 1.807) is 0 Å². The van der Waals surface area contributed by atoms with Crippen LogP contribution in [-0.4, -0.2) is 18.8 Å². The van der Waals surface area contributed by atoms with Gasteiger partial charge >= 0.3 is 0 Å². The Morgan fingerprint density at radius 3 is 2.64 bits per heavy atom. The summed E-state index contributed by atoms with van der Waals surface area (Å²) >= 11 is 0. The summed E-state index contributed by atoms with van der Waals surface area (Å²) in [5, 5.41) is 0. The first kappa shape index (κ1) is 12.0. The third-order valence-electron chi connectivity index (χ3n) is 3.62. The quantitative estimate of drug-likeness (QED) is 0.755. The molecular formula is C12H25NO. The van der Waals surface area contributed by atoms with E-state index in [-0.39, 0.29) is 5.60 Å². The van der Waals surface area contributed by atoms with Crippen molar-refractivity contribution in [2.24, 2.45) is 17.6 Å². The molecule has 0 radical (unpaired) electrons. The average molecular weight is 199 g/mol. The smallest absolute Gasteiger partial charge is 0.0834 e. The van der Waals surface area contributed by atoms with Crippen molar-refractivity contribution in [1.82, 2.24) is 0 Å². The molecule has 0 bridgehead atoms. The Morgan fingerprint density at radius 1 is 1.43 bits per heavy atom. The summed E-state index contributed by atoms with van der Waals surface area (Å²) in [4.78, 5) is 0. The molecule has 0 aromatic heterocycles. The van der Waals surface area contributed by atoms with Gasteiger partial charge in [-0.05, 0) is 31.6 Å². The summed E-state index contributed by atoms with van der Waals surface area (Å²) in [6.45, 7) is 8.13. The zero-order chi connectivity index (χ0) is 10.6. The monoisotopic (exact) mass is 199 g/mol. The van der Waals surface area contributed by atoms with E-state index in [2.05, 4.69) is 20.8 Å². The Balaban J connectivity index is 2.75. The highest BCUT2D eigenvalue weighted by Crippen LogP contribution is 2.40. The lowest BCUT2D eigenvalue weighted by molar-refractivity contribution is -0.110. The van der Waals surface area contributed by atoms with E-state index in [1.807, 2.05) is 0 Å². The Morgan fingerprint density at radius 2 is 2.14 bits per heavy atom. The van der Waals surface area contributed by atoms with Gasteiger partial charge in [-0.1, -0.05) is 26.7 Å². The van der Waals surface area contributed by atoms with Gasteiger partial charge in [0.2, 0.25) is 0 Å². The highest BCUT2D eigenvalue weighted by Gasteiger charge is 2.41. The molecule has 2 unspecified atom stereocenters. The van der Waals surface area contributed by atoms with Crippen LogP contribution in [0.1, 0.15) is 46.5 Å². The van der Waals surface area contributed by atoms with Gasteiger partial charge in [0.05, 0.1) is 5.60 Å². The van der Waals surface area contributed by atoms with Crippen LogP contribution in [-0.2, 0) is 4.74 Å². The fraction of sp³-hybridized carbons (Fsp3) is 1.00. The van der Waals surface area contributed by atoms with E-state index in [4.69, 9.17) is 10.5 Å². The largest absolute Gasteiger partial charge is 0.374 e. The summed E-state index contributed by atoms with van der Waals surface area (Å²) in [7, 11) is 0. The molecule has 2 N–H and O–H groups in total. The van der Waals surface area contributed by atoms with E-state index in [9.17, 15) is 0 Å². The van der Waals surface area contributed by atoms with Crippen LogP contribution in [0.3, 0.4) is 0 Å².